The average molecular weight is 515 g/mol. The number of carbonyl (C=O) groups is 2. The van der Waals surface area contributed by atoms with Gasteiger partial charge in [-0.1, -0.05) is 0 Å². The quantitative estimate of drug-likeness (QED) is 0.458. The van der Waals surface area contributed by atoms with Crippen LogP contribution < -0.4 is 20.7 Å². The van der Waals surface area contributed by atoms with E-state index in [0.717, 1.165) is 0 Å². The van der Waals surface area contributed by atoms with Crippen LogP contribution in [0, 0.1) is 11.7 Å². The number of carbonyl (C=O) groups excluding carboxylic acids is 2. The van der Waals surface area contributed by atoms with Gasteiger partial charge in [-0.15, -0.1) is 11.8 Å². The summed E-state index contributed by atoms with van der Waals surface area (Å²) in [6.45, 7) is 0.0120. The van der Waals surface area contributed by atoms with Crippen molar-refractivity contribution in [1.29, 1.82) is 0 Å². The van der Waals surface area contributed by atoms with Gasteiger partial charge in [0.2, 0.25) is 17.7 Å². The Morgan fingerprint density at radius 3 is 2.94 bits per heavy atom. The zero-order valence-corrected chi connectivity index (χ0v) is 20.2. The number of fused-ring (bicyclic) bond motifs is 2. The summed E-state index contributed by atoms with van der Waals surface area (Å²) < 4.78 is 34.7. The number of aromatic nitrogens is 3. The van der Waals surface area contributed by atoms with Crippen molar-refractivity contribution in [2.75, 3.05) is 23.5 Å². The first-order valence-corrected chi connectivity index (χ1v) is 12.5. The molecule has 1 fully saturated rings. The Bertz CT molecular complexity index is 1330. The lowest BCUT2D eigenvalue weighted by atomic mass is 9.84. The normalized spacial score (nSPS) is 21.5. The van der Waals surface area contributed by atoms with Crippen molar-refractivity contribution in [2.45, 2.75) is 42.9 Å². The minimum Gasteiger partial charge on any atom is -0.481 e. The number of amides is 2. The molecule has 5 rings (SSSR count). The highest BCUT2D eigenvalue weighted by molar-refractivity contribution is 8.00. The highest BCUT2D eigenvalue weighted by Gasteiger charge is 2.34. The number of anilines is 2. The Hall–Kier alpha value is -3.38. The van der Waals surface area contributed by atoms with Gasteiger partial charge in [0.1, 0.15) is 23.3 Å². The Morgan fingerprint density at radius 1 is 1.28 bits per heavy atom. The number of thioether (sulfide) groups is 1. The summed E-state index contributed by atoms with van der Waals surface area (Å²) in [6.07, 6.45) is 1.19. The van der Waals surface area contributed by atoms with Gasteiger partial charge >= 0.3 is 0 Å². The van der Waals surface area contributed by atoms with E-state index in [1.165, 1.54) is 24.9 Å². The van der Waals surface area contributed by atoms with Crippen LogP contribution in [0.4, 0.5) is 20.3 Å². The third-order valence-corrected chi connectivity index (χ3v) is 7.36. The molecule has 0 saturated heterocycles. The van der Waals surface area contributed by atoms with Gasteiger partial charge < -0.3 is 20.7 Å². The molecule has 3 N–H and O–H groups in total. The van der Waals surface area contributed by atoms with Crippen molar-refractivity contribution in [3.05, 3.63) is 42.0 Å². The Morgan fingerprint density at radius 2 is 2.14 bits per heavy atom. The molecule has 12 heteroatoms. The van der Waals surface area contributed by atoms with Gasteiger partial charge in [-0.3, -0.25) is 14.6 Å². The third-order valence-electron chi connectivity index (χ3n) is 6.33. The molecular weight excluding hydrogens is 490 g/mol. The van der Waals surface area contributed by atoms with Crippen LogP contribution in [0.1, 0.15) is 25.0 Å². The summed E-state index contributed by atoms with van der Waals surface area (Å²) >= 11 is 1.23. The molecule has 2 aliphatic rings. The molecule has 9 nitrogen and oxygen atoms in total. The molecule has 188 valence electrons. The fourth-order valence-corrected chi connectivity index (χ4v) is 5.19. The first kappa shape index (κ1) is 24.3. The second kappa shape index (κ2) is 10.3. The van der Waals surface area contributed by atoms with Crippen molar-refractivity contribution in [2.24, 2.45) is 5.92 Å². The van der Waals surface area contributed by atoms with Crippen molar-refractivity contribution >= 4 is 46.1 Å². The van der Waals surface area contributed by atoms with Gasteiger partial charge in [0.25, 0.3) is 0 Å². The van der Waals surface area contributed by atoms with E-state index in [9.17, 15) is 14.0 Å². The lowest BCUT2D eigenvalue weighted by molar-refractivity contribution is -0.121. The predicted molar refractivity (Wildman–Crippen MR) is 131 cm³/mol. The van der Waals surface area contributed by atoms with Gasteiger partial charge in [-0.05, 0) is 37.5 Å². The topological polar surface area (TPSA) is 118 Å². The predicted octanol–water partition coefficient (Wildman–Crippen LogP) is 3.45. The van der Waals surface area contributed by atoms with Crippen LogP contribution in [0.15, 0.2) is 35.4 Å². The minimum atomic E-state index is -1.29. The van der Waals surface area contributed by atoms with E-state index in [1.807, 2.05) is 0 Å². The summed E-state index contributed by atoms with van der Waals surface area (Å²) in [5, 5.41) is 8.52. The number of hydrogen-bond donors (Lipinski definition) is 3. The molecular formula is C24H24F2N6O3S. The molecule has 1 saturated carbocycles. The molecule has 1 aliphatic heterocycles. The largest absolute Gasteiger partial charge is 0.481 e. The lowest BCUT2D eigenvalue weighted by Crippen LogP contribution is -2.44. The van der Waals surface area contributed by atoms with Crippen LogP contribution in [-0.4, -0.2) is 51.8 Å². The van der Waals surface area contributed by atoms with Gasteiger partial charge in [0.15, 0.2) is 0 Å². The highest BCUT2D eigenvalue weighted by Crippen LogP contribution is 2.32. The molecule has 0 radical (unpaired) electrons. The van der Waals surface area contributed by atoms with Crippen molar-refractivity contribution < 1.29 is 23.1 Å². The van der Waals surface area contributed by atoms with Crippen LogP contribution in [0.3, 0.4) is 0 Å². The van der Waals surface area contributed by atoms with Crippen LogP contribution in [-0.2, 0) is 16.1 Å². The molecule has 0 unspecified atom stereocenters. The molecule has 4 heterocycles. The number of hydrogen-bond acceptors (Lipinski definition) is 8. The maximum absolute atomic E-state index is 15.0. The molecule has 0 spiro atoms. The summed E-state index contributed by atoms with van der Waals surface area (Å²) in [5.74, 6) is -0.575. The third kappa shape index (κ3) is 5.09. The number of pyridine rings is 3. The summed E-state index contributed by atoms with van der Waals surface area (Å²) in [7, 11) is 1.50. The van der Waals surface area contributed by atoms with E-state index in [2.05, 4.69) is 30.9 Å². The van der Waals surface area contributed by atoms with Gasteiger partial charge in [-0.25, -0.2) is 18.7 Å². The molecule has 0 aromatic carbocycles. The van der Waals surface area contributed by atoms with Gasteiger partial charge in [0.05, 0.1) is 34.7 Å². The fourth-order valence-electron chi connectivity index (χ4n) is 4.41. The standard InChI is InChI=1S/C24H24F2N6O3S/c1-35-21-5-4-16-22(32-21)17(6-7-27-16)30-24(34)12-2-3-15(13(25)8-12)28-10-18-14(26)9-19-23(29-18)31-20(33)11-36-19/h4-7,9,12-13,15,28H,2-3,8,10-11H2,1H3,(H,27,30,34)(H,29,31,33)/t12-,13+,15-/m1/s1. The van der Waals surface area contributed by atoms with E-state index >= 15 is 4.39 Å². The number of rotatable bonds is 6. The van der Waals surface area contributed by atoms with E-state index in [-0.39, 0.29) is 36.2 Å². The first-order valence-electron chi connectivity index (χ1n) is 11.5. The summed E-state index contributed by atoms with van der Waals surface area (Å²) in [5.41, 5.74) is 1.69. The highest BCUT2D eigenvalue weighted by atomic mass is 32.2. The minimum absolute atomic E-state index is 0.0120. The molecule has 3 aromatic heterocycles. The number of ether oxygens (including phenoxy) is 1. The lowest BCUT2D eigenvalue weighted by Gasteiger charge is -2.31. The Labute approximate surface area is 209 Å². The van der Waals surface area contributed by atoms with Crippen LogP contribution in [0.25, 0.3) is 11.0 Å². The second-order valence-corrected chi connectivity index (χ2v) is 9.70. The fraction of sp³-hybridized carbons (Fsp3) is 0.375. The monoisotopic (exact) mass is 514 g/mol. The van der Waals surface area contributed by atoms with E-state index in [0.29, 0.717) is 46.2 Å². The summed E-state index contributed by atoms with van der Waals surface area (Å²) in [6, 6.07) is 5.88. The zero-order valence-electron chi connectivity index (χ0n) is 19.4. The molecule has 36 heavy (non-hydrogen) atoms. The first-order chi connectivity index (χ1) is 17.4. The van der Waals surface area contributed by atoms with E-state index in [4.69, 9.17) is 4.74 Å². The molecule has 1 aliphatic carbocycles. The van der Waals surface area contributed by atoms with Gasteiger partial charge in [0, 0.05) is 30.8 Å². The number of nitrogens with one attached hydrogen (secondary N) is 3. The van der Waals surface area contributed by atoms with Crippen molar-refractivity contribution in [3.63, 3.8) is 0 Å². The maximum atomic E-state index is 15.0. The smallest absolute Gasteiger partial charge is 0.235 e. The van der Waals surface area contributed by atoms with Crippen molar-refractivity contribution in [1.82, 2.24) is 20.3 Å². The number of nitrogens with zero attached hydrogens (tertiary/aromatic N) is 3. The van der Waals surface area contributed by atoms with Crippen LogP contribution in [0.2, 0.25) is 0 Å². The molecule has 3 aromatic rings. The van der Waals surface area contributed by atoms with Crippen LogP contribution >= 0.6 is 11.8 Å². The number of methoxy groups -OCH3 is 1. The SMILES string of the molecule is COc1ccc2nccc(NC(=O)[C@@H]3CC[C@@H](NCc4nc5c(cc4F)SCC(=O)N5)[C@@H](F)C3)c2n1. The maximum Gasteiger partial charge on any atom is 0.235 e. The molecule has 3 atom stereocenters. The number of halogens is 2. The van der Waals surface area contributed by atoms with E-state index in [1.54, 1.807) is 24.4 Å². The summed E-state index contributed by atoms with van der Waals surface area (Å²) in [4.78, 5) is 37.9. The zero-order chi connectivity index (χ0) is 25.2. The second-order valence-electron chi connectivity index (χ2n) is 8.68. The van der Waals surface area contributed by atoms with Crippen LogP contribution in [0.5, 0.6) is 5.88 Å². The molecule has 0 bridgehead atoms. The Balaban J connectivity index is 1.20. The van der Waals surface area contributed by atoms with Crippen molar-refractivity contribution in [3.8, 4) is 5.88 Å². The number of alkyl halides is 1. The van der Waals surface area contributed by atoms with Gasteiger partial charge in [-0.2, -0.15) is 0 Å². The molecule has 2 amide bonds. The van der Waals surface area contributed by atoms with E-state index < -0.39 is 23.9 Å². The average Bonchev–Trinajstić information content (AvgIpc) is 2.88. The Kier molecular flexibility index (Phi) is 6.97.